The zero-order valence-electron chi connectivity index (χ0n) is 16.0. The molecule has 1 aliphatic rings. The molecule has 0 N–H and O–H groups in total. The first-order valence-corrected chi connectivity index (χ1v) is 12.5. The predicted octanol–water partition coefficient (Wildman–Crippen LogP) is 4.31. The van der Waals surface area contributed by atoms with Crippen LogP contribution in [0.1, 0.15) is 0 Å². The van der Waals surface area contributed by atoms with Crippen molar-refractivity contribution in [3.8, 4) is 5.69 Å². The third kappa shape index (κ3) is 5.00. The molecule has 0 spiro atoms. The summed E-state index contributed by atoms with van der Waals surface area (Å²) in [7, 11) is -1.25. The Labute approximate surface area is 192 Å². The molecule has 1 atom stereocenters. The van der Waals surface area contributed by atoms with Gasteiger partial charge < -0.3 is 9.64 Å². The second kappa shape index (κ2) is 10.2. The van der Waals surface area contributed by atoms with Crippen molar-refractivity contribution in [1.29, 1.82) is 0 Å². The van der Waals surface area contributed by atoms with Crippen molar-refractivity contribution in [1.82, 2.24) is 14.8 Å². The molecule has 158 valence electrons. The lowest BCUT2D eigenvalue weighted by molar-refractivity contribution is 0.122. The minimum absolute atomic E-state index is 0.430. The minimum Gasteiger partial charge on any atom is -0.378 e. The van der Waals surface area contributed by atoms with E-state index in [4.69, 9.17) is 27.9 Å². The average molecular weight is 483 g/mol. The summed E-state index contributed by atoms with van der Waals surface area (Å²) in [6.07, 6.45) is 0. The van der Waals surface area contributed by atoms with Gasteiger partial charge in [-0.3, -0.25) is 8.78 Å². The monoisotopic (exact) mass is 482 g/mol. The number of nitrogens with zero attached hydrogens (tertiary/aromatic N) is 4. The summed E-state index contributed by atoms with van der Waals surface area (Å²) in [5.74, 6) is 1.83. The highest BCUT2D eigenvalue weighted by atomic mass is 35.5. The summed E-state index contributed by atoms with van der Waals surface area (Å²) in [6, 6.07) is 15.0. The molecular weight excluding hydrogens is 463 g/mol. The largest absolute Gasteiger partial charge is 0.378 e. The molecule has 1 fully saturated rings. The van der Waals surface area contributed by atoms with Gasteiger partial charge in [-0.2, -0.15) is 0 Å². The maximum absolute atomic E-state index is 12.7. The van der Waals surface area contributed by atoms with Crippen LogP contribution in [0.3, 0.4) is 0 Å². The first-order chi connectivity index (χ1) is 14.6. The fourth-order valence-corrected chi connectivity index (χ4v) is 6.01. The molecule has 1 aliphatic heterocycles. The van der Waals surface area contributed by atoms with Crippen LogP contribution in [0.2, 0.25) is 10.0 Å². The lowest BCUT2D eigenvalue weighted by Gasteiger charge is -2.27. The second-order valence-electron chi connectivity index (χ2n) is 6.53. The Morgan fingerprint density at radius 1 is 1.07 bits per heavy atom. The molecule has 6 nitrogen and oxygen atoms in total. The molecule has 1 saturated heterocycles. The first kappa shape index (κ1) is 21.6. The summed E-state index contributed by atoms with van der Waals surface area (Å²) < 4.78 is 20.2. The van der Waals surface area contributed by atoms with Crippen molar-refractivity contribution in [2.75, 3.05) is 42.7 Å². The molecule has 3 aromatic rings. The highest BCUT2D eigenvalue weighted by Gasteiger charge is 2.22. The summed E-state index contributed by atoms with van der Waals surface area (Å²) >= 11 is 13.7. The van der Waals surface area contributed by atoms with Crippen LogP contribution < -0.4 is 4.90 Å². The zero-order valence-corrected chi connectivity index (χ0v) is 19.2. The standard InChI is InChI=1S/C20H20Cl2N4O2S2/c21-15-6-7-17(22)18(14-15)30(27)13-12-29-20-24-23-19(25-8-10-28-11-9-25)26(20)16-4-2-1-3-5-16/h1-7,14H,8-13H2/t30-/m1/s1. The maximum atomic E-state index is 12.7. The van der Waals surface area contributed by atoms with Crippen molar-refractivity contribution in [3.05, 3.63) is 58.6 Å². The molecular formula is C20H20Cl2N4O2S2. The van der Waals surface area contributed by atoms with Gasteiger partial charge in [0, 0.05) is 29.6 Å². The van der Waals surface area contributed by atoms with E-state index in [1.807, 2.05) is 34.9 Å². The number of benzene rings is 2. The minimum atomic E-state index is -1.25. The number of rotatable bonds is 7. The molecule has 0 saturated carbocycles. The Hall–Kier alpha value is -1.58. The second-order valence-corrected chi connectivity index (χ2v) is 9.97. The fourth-order valence-electron chi connectivity index (χ4n) is 3.10. The zero-order chi connectivity index (χ0) is 20.9. The number of para-hydroxylation sites is 1. The number of aromatic nitrogens is 3. The number of hydrogen-bond donors (Lipinski definition) is 0. The van der Waals surface area contributed by atoms with Crippen LogP contribution in [-0.4, -0.2) is 56.8 Å². The van der Waals surface area contributed by atoms with Crippen molar-refractivity contribution in [3.63, 3.8) is 0 Å². The molecule has 0 radical (unpaired) electrons. The van der Waals surface area contributed by atoms with Crippen molar-refractivity contribution in [2.45, 2.75) is 10.1 Å². The van der Waals surface area contributed by atoms with Gasteiger partial charge in [-0.25, -0.2) is 0 Å². The maximum Gasteiger partial charge on any atom is 0.232 e. The number of halogens is 2. The highest BCUT2D eigenvalue weighted by Crippen LogP contribution is 2.28. The Bertz CT molecular complexity index is 1030. The molecule has 30 heavy (non-hydrogen) atoms. The molecule has 10 heteroatoms. The Balaban J connectivity index is 1.52. The van der Waals surface area contributed by atoms with E-state index in [2.05, 4.69) is 15.1 Å². The topological polar surface area (TPSA) is 60.3 Å². The first-order valence-electron chi connectivity index (χ1n) is 9.43. The number of hydrogen-bond acceptors (Lipinski definition) is 6. The predicted molar refractivity (Wildman–Crippen MR) is 123 cm³/mol. The van der Waals surface area contributed by atoms with Crippen LogP contribution in [0.15, 0.2) is 58.6 Å². The van der Waals surface area contributed by atoms with Crippen LogP contribution in [-0.2, 0) is 15.5 Å². The average Bonchev–Trinajstić information content (AvgIpc) is 3.20. The van der Waals surface area contributed by atoms with E-state index in [0.717, 1.165) is 29.9 Å². The Morgan fingerprint density at radius 3 is 2.60 bits per heavy atom. The van der Waals surface area contributed by atoms with E-state index >= 15 is 0 Å². The fraction of sp³-hybridized carbons (Fsp3) is 0.300. The molecule has 1 aromatic heterocycles. The molecule has 0 aliphatic carbocycles. The third-order valence-electron chi connectivity index (χ3n) is 4.56. The number of thioether (sulfide) groups is 1. The van der Waals surface area contributed by atoms with Crippen LogP contribution in [0.25, 0.3) is 5.69 Å². The van der Waals surface area contributed by atoms with Crippen LogP contribution in [0.5, 0.6) is 0 Å². The molecule has 2 heterocycles. The van der Waals surface area contributed by atoms with Crippen molar-refractivity contribution < 1.29 is 8.95 Å². The van der Waals surface area contributed by atoms with E-state index in [1.165, 1.54) is 11.8 Å². The highest BCUT2D eigenvalue weighted by molar-refractivity contribution is 8.00. The Kier molecular flexibility index (Phi) is 7.32. The van der Waals surface area contributed by atoms with Gasteiger partial charge in [0.2, 0.25) is 5.95 Å². The molecule has 4 rings (SSSR count). The van der Waals surface area contributed by atoms with Crippen molar-refractivity contribution in [2.24, 2.45) is 0 Å². The van der Waals surface area contributed by atoms with E-state index in [-0.39, 0.29) is 0 Å². The van der Waals surface area contributed by atoms with Gasteiger partial charge in [0.05, 0.1) is 39.6 Å². The molecule has 0 bridgehead atoms. The SMILES string of the molecule is O=[S@](CCSc1nnc(N2CCOCC2)n1-c1ccccc1)c1cc(Cl)ccc1Cl. The van der Waals surface area contributed by atoms with Gasteiger partial charge in [-0.1, -0.05) is 53.2 Å². The summed E-state index contributed by atoms with van der Waals surface area (Å²) in [6.45, 7) is 2.88. The number of anilines is 1. The van der Waals surface area contributed by atoms with Gasteiger partial charge in [-0.05, 0) is 30.3 Å². The lowest BCUT2D eigenvalue weighted by atomic mass is 10.3. The van der Waals surface area contributed by atoms with Crippen molar-refractivity contribution >= 4 is 51.7 Å². The molecule has 0 amide bonds. The van der Waals surface area contributed by atoms with Gasteiger partial charge in [-0.15, -0.1) is 10.2 Å². The van der Waals surface area contributed by atoms with Gasteiger partial charge in [0.25, 0.3) is 0 Å². The van der Waals surface area contributed by atoms with E-state index in [0.29, 0.717) is 39.7 Å². The smallest absolute Gasteiger partial charge is 0.232 e. The number of morpholine rings is 1. The Morgan fingerprint density at radius 2 is 1.83 bits per heavy atom. The molecule has 0 unspecified atom stereocenters. The van der Waals surface area contributed by atoms with E-state index in [9.17, 15) is 4.21 Å². The van der Waals surface area contributed by atoms with Gasteiger partial charge in [0.1, 0.15) is 0 Å². The lowest BCUT2D eigenvalue weighted by Crippen LogP contribution is -2.37. The van der Waals surface area contributed by atoms with Crippen LogP contribution in [0.4, 0.5) is 5.95 Å². The van der Waals surface area contributed by atoms with E-state index in [1.54, 1.807) is 18.2 Å². The van der Waals surface area contributed by atoms with Crippen LogP contribution in [0, 0.1) is 0 Å². The number of ether oxygens (including phenoxy) is 1. The van der Waals surface area contributed by atoms with Crippen LogP contribution >= 0.6 is 35.0 Å². The normalized spacial score (nSPS) is 15.3. The van der Waals surface area contributed by atoms with Gasteiger partial charge in [0.15, 0.2) is 5.16 Å². The quantitative estimate of drug-likeness (QED) is 0.467. The van der Waals surface area contributed by atoms with Gasteiger partial charge >= 0.3 is 0 Å². The summed E-state index contributed by atoms with van der Waals surface area (Å²) in [5.41, 5.74) is 0.991. The summed E-state index contributed by atoms with van der Waals surface area (Å²) in [5, 5.41) is 10.6. The molecule has 2 aromatic carbocycles. The summed E-state index contributed by atoms with van der Waals surface area (Å²) in [4.78, 5) is 2.74. The third-order valence-corrected chi connectivity index (χ3v) is 7.83. The van der Waals surface area contributed by atoms with E-state index < -0.39 is 10.8 Å².